The molecule has 4 aliphatic rings. The number of hydrogen-bond donors (Lipinski definition) is 1. The van der Waals surface area contributed by atoms with E-state index in [1.165, 1.54) is 5.56 Å². The number of pyridine rings is 1. The van der Waals surface area contributed by atoms with E-state index in [9.17, 15) is 9.90 Å². The third-order valence-electron chi connectivity index (χ3n) is 7.46. The van der Waals surface area contributed by atoms with Crippen LogP contribution in [0.15, 0.2) is 42.6 Å². The summed E-state index contributed by atoms with van der Waals surface area (Å²) in [4.78, 5) is 19.3. The summed E-state index contributed by atoms with van der Waals surface area (Å²) in [6, 6.07) is 7.77. The molecule has 2 aromatic rings. The fraction of sp³-hybridized carbons (Fsp3) is 0.417. The van der Waals surface area contributed by atoms with Crippen molar-refractivity contribution in [1.29, 1.82) is 0 Å². The molecule has 3 heterocycles. The second-order valence-electron chi connectivity index (χ2n) is 9.02. The zero-order valence-corrected chi connectivity index (χ0v) is 17.0. The third kappa shape index (κ3) is 2.26. The van der Waals surface area contributed by atoms with Crippen LogP contribution in [0.2, 0.25) is 0 Å². The van der Waals surface area contributed by atoms with Crippen LogP contribution in [0.4, 0.5) is 0 Å². The van der Waals surface area contributed by atoms with Gasteiger partial charge in [-0.05, 0) is 56.6 Å². The van der Waals surface area contributed by atoms with Gasteiger partial charge in [0.25, 0.3) is 0 Å². The molecule has 1 N–H and O–H groups in total. The highest BCUT2D eigenvalue weighted by atomic mass is 16.6. The summed E-state index contributed by atoms with van der Waals surface area (Å²) < 4.78 is 12.2. The Hall–Kier alpha value is -2.70. The molecule has 1 aromatic heterocycles. The average Bonchev–Trinajstić information content (AvgIpc) is 3.09. The molecule has 0 unspecified atom stereocenters. The topological polar surface area (TPSA) is 71.9 Å². The maximum atomic E-state index is 12.7. The van der Waals surface area contributed by atoms with Crippen LogP contribution in [0, 0.1) is 12.8 Å². The van der Waals surface area contributed by atoms with E-state index < -0.39 is 12.1 Å². The normalized spacial score (nSPS) is 33.0. The van der Waals surface area contributed by atoms with Crippen LogP contribution in [0.1, 0.15) is 33.6 Å². The van der Waals surface area contributed by atoms with Crippen molar-refractivity contribution in [2.24, 2.45) is 5.92 Å². The van der Waals surface area contributed by atoms with Gasteiger partial charge in [-0.3, -0.25) is 0 Å². The molecule has 6 rings (SSSR count). The molecule has 5 atom stereocenters. The smallest absolute Gasteiger partial charge is 0.362 e. The molecule has 0 saturated carbocycles. The summed E-state index contributed by atoms with van der Waals surface area (Å²) in [6.07, 6.45) is 6.51. The number of aryl methyl sites for hydroxylation is 1. The van der Waals surface area contributed by atoms with E-state index in [4.69, 9.17) is 9.47 Å². The highest BCUT2D eigenvalue weighted by Crippen LogP contribution is 2.62. The van der Waals surface area contributed by atoms with Crippen molar-refractivity contribution in [3.8, 4) is 11.5 Å². The first-order chi connectivity index (χ1) is 14.5. The molecule has 1 fully saturated rings. The number of esters is 1. The lowest BCUT2D eigenvalue weighted by Crippen LogP contribution is -2.64. The lowest BCUT2D eigenvalue weighted by atomic mass is 9.53. The van der Waals surface area contributed by atoms with Crippen molar-refractivity contribution < 1.29 is 19.4 Å². The highest BCUT2D eigenvalue weighted by Gasteiger charge is 2.64. The molecule has 30 heavy (non-hydrogen) atoms. The third-order valence-corrected chi connectivity index (χ3v) is 7.46. The van der Waals surface area contributed by atoms with E-state index in [2.05, 4.69) is 29.1 Å². The number of aromatic nitrogens is 1. The van der Waals surface area contributed by atoms with Crippen LogP contribution < -0.4 is 9.47 Å². The Morgan fingerprint density at radius 3 is 2.97 bits per heavy atom. The van der Waals surface area contributed by atoms with E-state index in [0.717, 1.165) is 30.5 Å². The van der Waals surface area contributed by atoms with Crippen molar-refractivity contribution in [3.63, 3.8) is 0 Å². The number of carbonyl (C=O) groups excluding carboxylic acids is 1. The van der Waals surface area contributed by atoms with Crippen LogP contribution in [0.5, 0.6) is 11.5 Å². The van der Waals surface area contributed by atoms with Gasteiger partial charge < -0.3 is 19.5 Å². The number of benzene rings is 1. The van der Waals surface area contributed by atoms with Gasteiger partial charge in [-0.1, -0.05) is 24.3 Å². The van der Waals surface area contributed by atoms with Gasteiger partial charge in [0, 0.05) is 29.1 Å². The Balaban J connectivity index is 1.45. The summed E-state index contributed by atoms with van der Waals surface area (Å²) in [5.74, 6) is 0.805. The minimum absolute atomic E-state index is 0.262. The summed E-state index contributed by atoms with van der Waals surface area (Å²) in [5, 5.41) is 10.8. The SMILES string of the molecule is Cc1ccc(C(=O)Oc2ccc3c4c2O[C@H]2[C@@H](O)C=C[C@H]5[C@@H](C3)N(C)CC[C@@]452)nc1. The molecule has 2 aliphatic heterocycles. The molecule has 6 heteroatoms. The van der Waals surface area contributed by atoms with Gasteiger partial charge in [0.2, 0.25) is 0 Å². The van der Waals surface area contributed by atoms with E-state index in [-0.39, 0.29) is 23.1 Å². The van der Waals surface area contributed by atoms with Crippen molar-refractivity contribution in [3.05, 3.63) is 65.0 Å². The number of ether oxygens (including phenoxy) is 2. The number of likely N-dealkylation sites (tertiary alicyclic amines) is 1. The van der Waals surface area contributed by atoms with E-state index >= 15 is 0 Å². The lowest BCUT2D eigenvalue weighted by Gasteiger charge is -2.56. The second kappa shape index (κ2) is 6.15. The number of carbonyl (C=O) groups is 1. The maximum absolute atomic E-state index is 12.7. The van der Waals surface area contributed by atoms with Gasteiger partial charge in [-0.2, -0.15) is 0 Å². The molecule has 2 bridgehead atoms. The number of piperidine rings is 1. The highest BCUT2D eigenvalue weighted by molar-refractivity contribution is 5.89. The first-order valence-corrected chi connectivity index (χ1v) is 10.5. The first kappa shape index (κ1) is 18.1. The van der Waals surface area contributed by atoms with Gasteiger partial charge in [0.1, 0.15) is 17.9 Å². The van der Waals surface area contributed by atoms with Gasteiger partial charge in [0.05, 0.1) is 0 Å². The minimum Gasteiger partial charge on any atom is -0.482 e. The molecule has 1 saturated heterocycles. The van der Waals surface area contributed by atoms with Crippen LogP contribution in [0.3, 0.4) is 0 Å². The standard InChI is InChI=1S/C24H24N2O4/c1-13-3-6-16(25-12-13)23(28)29-19-8-4-14-11-17-15-5-7-18(27)22-24(15,9-10-26(17)2)20(14)21(19)30-22/h3-8,12,15,17-18,22,27H,9-11H2,1-2H3/t15-,17+,18-,22-,24-/m0/s1. The summed E-state index contributed by atoms with van der Waals surface area (Å²) in [6.45, 7) is 2.88. The van der Waals surface area contributed by atoms with E-state index in [1.54, 1.807) is 12.3 Å². The summed E-state index contributed by atoms with van der Waals surface area (Å²) >= 11 is 0. The van der Waals surface area contributed by atoms with Crippen molar-refractivity contribution in [2.75, 3.05) is 13.6 Å². The zero-order valence-electron chi connectivity index (χ0n) is 17.0. The fourth-order valence-corrected chi connectivity index (χ4v) is 6.05. The van der Waals surface area contributed by atoms with Gasteiger partial charge >= 0.3 is 5.97 Å². The van der Waals surface area contributed by atoms with Crippen LogP contribution in [-0.4, -0.2) is 52.8 Å². The van der Waals surface area contributed by atoms with E-state index in [0.29, 0.717) is 17.5 Å². The number of nitrogens with zero attached hydrogens (tertiary/aromatic N) is 2. The number of rotatable bonds is 2. The van der Waals surface area contributed by atoms with Crippen molar-refractivity contribution in [2.45, 2.75) is 43.4 Å². The Kier molecular flexibility index (Phi) is 3.71. The van der Waals surface area contributed by atoms with Crippen LogP contribution in [-0.2, 0) is 11.8 Å². The Morgan fingerprint density at radius 1 is 1.30 bits per heavy atom. The van der Waals surface area contributed by atoms with Gasteiger partial charge in [-0.15, -0.1) is 0 Å². The zero-order chi connectivity index (χ0) is 20.6. The molecule has 0 radical (unpaired) electrons. The summed E-state index contributed by atoms with van der Waals surface area (Å²) in [5.41, 5.74) is 3.34. The van der Waals surface area contributed by atoms with Crippen molar-refractivity contribution in [1.82, 2.24) is 9.88 Å². The molecular weight excluding hydrogens is 380 g/mol. The average molecular weight is 404 g/mol. The van der Waals surface area contributed by atoms with Gasteiger partial charge in [0.15, 0.2) is 11.5 Å². The Bertz CT molecular complexity index is 1080. The predicted molar refractivity (Wildman–Crippen MR) is 110 cm³/mol. The Morgan fingerprint density at radius 2 is 2.17 bits per heavy atom. The number of aliphatic hydroxyl groups excluding tert-OH is 1. The maximum Gasteiger partial charge on any atom is 0.362 e. The molecule has 2 aliphatic carbocycles. The molecule has 0 amide bonds. The molecular formula is C24H24N2O4. The van der Waals surface area contributed by atoms with Crippen LogP contribution >= 0.6 is 0 Å². The molecule has 154 valence electrons. The number of likely N-dealkylation sites (N-methyl/N-ethyl adjacent to an activating group) is 1. The largest absolute Gasteiger partial charge is 0.482 e. The molecule has 1 spiro atoms. The van der Waals surface area contributed by atoms with Crippen molar-refractivity contribution >= 4 is 5.97 Å². The molecule has 6 nitrogen and oxygen atoms in total. The quantitative estimate of drug-likeness (QED) is 0.471. The van der Waals surface area contributed by atoms with E-state index in [1.807, 2.05) is 25.1 Å². The fourth-order valence-electron chi connectivity index (χ4n) is 6.05. The second-order valence-corrected chi connectivity index (χ2v) is 9.02. The lowest BCUT2D eigenvalue weighted by molar-refractivity contribution is -0.0453. The summed E-state index contributed by atoms with van der Waals surface area (Å²) in [7, 11) is 2.18. The monoisotopic (exact) mass is 404 g/mol. The number of aliphatic hydroxyl groups is 1. The van der Waals surface area contributed by atoms with Gasteiger partial charge in [-0.25, -0.2) is 9.78 Å². The number of hydrogen-bond acceptors (Lipinski definition) is 6. The van der Waals surface area contributed by atoms with Crippen LogP contribution in [0.25, 0.3) is 0 Å². The Labute approximate surface area is 175 Å². The molecule has 1 aromatic carbocycles. The first-order valence-electron chi connectivity index (χ1n) is 10.5. The predicted octanol–water partition coefficient (Wildman–Crippen LogP) is 2.42. The minimum atomic E-state index is -0.675.